The van der Waals surface area contributed by atoms with Crippen molar-refractivity contribution in [3.05, 3.63) is 0 Å². The normalized spacial score (nSPS) is 19.9. The second-order valence-electron chi connectivity index (χ2n) is 4.85. The number of hydrogen-bond donors (Lipinski definition) is 1. The van der Waals surface area contributed by atoms with Crippen LogP contribution < -0.4 is 0 Å². The summed E-state index contributed by atoms with van der Waals surface area (Å²) in [4.78, 5) is 10.7. The Morgan fingerprint density at radius 2 is 2.00 bits per heavy atom. The fraction of sp³-hybridized carbons (Fsp3) is 0.909. The molecule has 6 nitrogen and oxygen atoms in total. The van der Waals surface area contributed by atoms with Gasteiger partial charge in [-0.25, -0.2) is 12.7 Å². The predicted octanol–water partition coefficient (Wildman–Crippen LogP) is 0.395. The summed E-state index contributed by atoms with van der Waals surface area (Å²) >= 11 is 0. The van der Waals surface area contributed by atoms with Crippen LogP contribution in [0.15, 0.2) is 0 Å². The SMILES string of the molecule is CC(CN(C)S(=O)(=O)CC1CCOCC1)C(=O)O. The van der Waals surface area contributed by atoms with Gasteiger partial charge in [0.25, 0.3) is 0 Å². The summed E-state index contributed by atoms with van der Waals surface area (Å²) in [5.74, 6) is -1.48. The van der Waals surface area contributed by atoms with Crippen LogP contribution in [-0.4, -0.2) is 56.4 Å². The molecule has 1 rings (SSSR count). The Hall–Kier alpha value is -0.660. The number of aliphatic carboxylic acids is 1. The maximum atomic E-state index is 12.0. The van der Waals surface area contributed by atoms with Crippen molar-refractivity contribution in [2.24, 2.45) is 11.8 Å². The number of nitrogens with zero attached hydrogens (tertiary/aromatic N) is 1. The Morgan fingerprint density at radius 3 is 2.50 bits per heavy atom. The third kappa shape index (κ3) is 4.55. The van der Waals surface area contributed by atoms with E-state index in [1.807, 2.05) is 0 Å². The highest BCUT2D eigenvalue weighted by molar-refractivity contribution is 7.89. The molecule has 1 aliphatic rings. The van der Waals surface area contributed by atoms with Gasteiger partial charge >= 0.3 is 5.97 Å². The molecule has 0 aromatic carbocycles. The van der Waals surface area contributed by atoms with Gasteiger partial charge in [0.2, 0.25) is 10.0 Å². The molecule has 1 atom stereocenters. The second kappa shape index (κ2) is 6.49. The minimum absolute atomic E-state index is 0.0148. The molecule has 1 heterocycles. The quantitative estimate of drug-likeness (QED) is 0.760. The van der Waals surface area contributed by atoms with Crippen molar-refractivity contribution in [2.45, 2.75) is 19.8 Å². The van der Waals surface area contributed by atoms with Gasteiger partial charge < -0.3 is 9.84 Å². The van der Waals surface area contributed by atoms with E-state index in [1.165, 1.54) is 14.0 Å². The highest BCUT2D eigenvalue weighted by Crippen LogP contribution is 2.18. The van der Waals surface area contributed by atoms with Crippen molar-refractivity contribution in [1.82, 2.24) is 4.31 Å². The van der Waals surface area contributed by atoms with Crippen LogP contribution in [0.1, 0.15) is 19.8 Å². The molecular weight excluding hydrogens is 258 g/mol. The molecule has 0 radical (unpaired) electrons. The van der Waals surface area contributed by atoms with E-state index in [9.17, 15) is 13.2 Å². The van der Waals surface area contributed by atoms with Gasteiger partial charge in [-0.05, 0) is 18.8 Å². The fourth-order valence-corrected chi connectivity index (χ4v) is 3.55. The molecule has 1 aliphatic heterocycles. The number of carboxylic acids is 1. The van der Waals surface area contributed by atoms with Crippen LogP contribution in [0.5, 0.6) is 0 Å². The molecule has 0 amide bonds. The number of carboxylic acid groups (broad SMARTS) is 1. The molecule has 18 heavy (non-hydrogen) atoms. The molecule has 1 unspecified atom stereocenters. The second-order valence-corrected chi connectivity index (χ2v) is 6.97. The third-order valence-electron chi connectivity index (χ3n) is 3.21. The summed E-state index contributed by atoms with van der Waals surface area (Å²) < 4.78 is 30.4. The average Bonchev–Trinajstić information content (AvgIpc) is 2.29. The van der Waals surface area contributed by atoms with Crippen molar-refractivity contribution in [1.29, 1.82) is 0 Å². The van der Waals surface area contributed by atoms with E-state index >= 15 is 0 Å². The standard InChI is InChI=1S/C11H21NO5S/c1-9(11(13)14)7-12(2)18(15,16)8-10-3-5-17-6-4-10/h9-10H,3-8H2,1-2H3,(H,13,14). The zero-order valence-electron chi connectivity index (χ0n) is 10.8. The van der Waals surface area contributed by atoms with E-state index in [0.29, 0.717) is 13.2 Å². The summed E-state index contributed by atoms with van der Waals surface area (Å²) in [5, 5.41) is 8.78. The largest absolute Gasteiger partial charge is 0.481 e. The van der Waals surface area contributed by atoms with Crippen LogP contribution in [-0.2, 0) is 19.6 Å². The van der Waals surface area contributed by atoms with Crippen LogP contribution in [0.4, 0.5) is 0 Å². The summed E-state index contributed by atoms with van der Waals surface area (Å²) in [7, 11) is -1.94. The zero-order chi connectivity index (χ0) is 13.8. The lowest BCUT2D eigenvalue weighted by Crippen LogP contribution is -2.37. The van der Waals surface area contributed by atoms with E-state index in [0.717, 1.165) is 17.1 Å². The van der Waals surface area contributed by atoms with Crippen molar-refractivity contribution in [2.75, 3.05) is 32.6 Å². The highest BCUT2D eigenvalue weighted by atomic mass is 32.2. The summed E-state index contributed by atoms with van der Waals surface area (Å²) in [6.07, 6.45) is 1.50. The predicted molar refractivity (Wildman–Crippen MR) is 66.8 cm³/mol. The molecule has 1 fully saturated rings. The van der Waals surface area contributed by atoms with Gasteiger partial charge in [0.1, 0.15) is 0 Å². The van der Waals surface area contributed by atoms with E-state index in [2.05, 4.69) is 0 Å². The van der Waals surface area contributed by atoms with Crippen LogP contribution in [0.25, 0.3) is 0 Å². The number of ether oxygens (including phenoxy) is 1. The summed E-state index contributed by atoms with van der Waals surface area (Å²) in [5.41, 5.74) is 0. The summed E-state index contributed by atoms with van der Waals surface area (Å²) in [6, 6.07) is 0. The topological polar surface area (TPSA) is 83.9 Å². The molecular formula is C11H21NO5S. The third-order valence-corrected chi connectivity index (χ3v) is 5.21. The van der Waals surface area contributed by atoms with Crippen LogP contribution >= 0.6 is 0 Å². The molecule has 0 saturated carbocycles. The molecule has 0 bridgehead atoms. The Balaban J connectivity index is 2.53. The first-order valence-electron chi connectivity index (χ1n) is 6.07. The number of rotatable bonds is 6. The smallest absolute Gasteiger partial charge is 0.307 e. The van der Waals surface area contributed by atoms with Gasteiger partial charge in [-0.1, -0.05) is 6.92 Å². The van der Waals surface area contributed by atoms with Crippen LogP contribution in [0.2, 0.25) is 0 Å². The van der Waals surface area contributed by atoms with E-state index in [1.54, 1.807) is 0 Å². The van der Waals surface area contributed by atoms with Crippen molar-refractivity contribution < 1.29 is 23.1 Å². The lowest BCUT2D eigenvalue weighted by Gasteiger charge is -2.25. The molecule has 106 valence electrons. The van der Waals surface area contributed by atoms with Gasteiger partial charge in [-0.15, -0.1) is 0 Å². The van der Waals surface area contributed by atoms with Crippen molar-refractivity contribution >= 4 is 16.0 Å². The van der Waals surface area contributed by atoms with Crippen LogP contribution in [0.3, 0.4) is 0 Å². The average molecular weight is 279 g/mol. The number of carbonyl (C=O) groups is 1. The molecule has 0 aromatic rings. The first-order chi connectivity index (χ1) is 8.33. The number of sulfonamides is 1. The van der Waals surface area contributed by atoms with Crippen molar-refractivity contribution in [3.63, 3.8) is 0 Å². The Morgan fingerprint density at radius 1 is 1.44 bits per heavy atom. The summed E-state index contributed by atoms with van der Waals surface area (Å²) in [6.45, 7) is 2.73. The first-order valence-corrected chi connectivity index (χ1v) is 7.68. The molecule has 1 saturated heterocycles. The Kier molecular flexibility index (Phi) is 5.55. The maximum absolute atomic E-state index is 12.0. The molecule has 0 aliphatic carbocycles. The lowest BCUT2D eigenvalue weighted by molar-refractivity contribution is -0.141. The molecule has 0 spiro atoms. The van der Waals surface area contributed by atoms with E-state index in [4.69, 9.17) is 9.84 Å². The van der Waals surface area contributed by atoms with Gasteiger partial charge in [0.05, 0.1) is 11.7 Å². The Bertz CT molecular complexity index is 375. The number of hydrogen-bond acceptors (Lipinski definition) is 4. The van der Waals surface area contributed by atoms with Gasteiger partial charge in [0, 0.05) is 26.8 Å². The van der Waals surface area contributed by atoms with E-state index < -0.39 is 21.9 Å². The monoisotopic (exact) mass is 279 g/mol. The van der Waals surface area contributed by atoms with Gasteiger partial charge in [-0.2, -0.15) is 0 Å². The minimum Gasteiger partial charge on any atom is -0.481 e. The lowest BCUT2D eigenvalue weighted by atomic mass is 10.0. The van der Waals surface area contributed by atoms with Crippen molar-refractivity contribution in [3.8, 4) is 0 Å². The zero-order valence-corrected chi connectivity index (χ0v) is 11.6. The maximum Gasteiger partial charge on any atom is 0.307 e. The Labute approximate surface area is 108 Å². The van der Waals surface area contributed by atoms with Gasteiger partial charge in [-0.3, -0.25) is 4.79 Å². The van der Waals surface area contributed by atoms with Crippen LogP contribution in [0, 0.1) is 11.8 Å². The molecule has 1 N–H and O–H groups in total. The minimum atomic E-state index is -3.37. The highest BCUT2D eigenvalue weighted by Gasteiger charge is 2.27. The van der Waals surface area contributed by atoms with E-state index in [-0.39, 0.29) is 18.2 Å². The fourth-order valence-electron chi connectivity index (χ4n) is 1.92. The first kappa shape index (κ1) is 15.4. The molecule has 7 heteroatoms. The van der Waals surface area contributed by atoms with Gasteiger partial charge in [0.15, 0.2) is 0 Å². The molecule has 0 aromatic heterocycles.